The summed E-state index contributed by atoms with van der Waals surface area (Å²) in [5.41, 5.74) is 13.1. The summed E-state index contributed by atoms with van der Waals surface area (Å²) in [6.07, 6.45) is 0. The van der Waals surface area contributed by atoms with Gasteiger partial charge in [0.05, 0.1) is 0 Å². The average Bonchev–Trinajstić information content (AvgIpc) is 2.33. The molecule has 12 heteroatoms. The molecular weight excluding hydrogens is 276 g/mol. The Balaban J connectivity index is 2.37. The van der Waals surface area contributed by atoms with Crippen molar-refractivity contribution in [1.29, 1.82) is 0 Å². The summed E-state index contributed by atoms with van der Waals surface area (Å²) >= 11 is 0. The van der Waals surface area contributed by atoms with E-state index in [2.05, 4.69) is 20.3 Å². The summed E-state index contributed by atoms with van der Waals surface area (Å²) in [7, 11) is 0. The molecule has 0 aromatic rings. The van der Waals surface area contributed by atoms with Crippen LogP contribution in [0.25, 0.3) is 0 Å². The summed E-state index contributed by atoms with van der Waals surface area (Å²) in [6.45, 7) is -0.596. The minimum Gasteiger partial charge on any atom is -0.350 e. The van der Waals surface area contributed by atoms with E-state index in [0.717, 1.165) is 0 Å². The van der Waals surface area contributed by atoms with Gasteiger partial charge in [0.15, 0.2) is 0 Å². The number of nitrogens with two attached hydrogens (primary N) is 2. The predicted octanol–water partition coefficient (Wildman–Crippen LogP) is -3.83. The summed E-state index contributed by atoms with van der Waals surface area (Å²) in [5, 5.41) is 4.67. The van der Waals surface area contributed by atoms with E-state index >= 15 is 0 Å². The third-order valence-corrected chi connectivity index (χ3v) is 2.11. The number of hydrogen-bond donors (Lipinski definition) is 6. The van der Waals surface area contributed by atoms with Crippen LogP contribution in [0.3, 0.4) is 0 Å². The van der Waals surface area contributed by atoms with Gasteiger partial charge in [0.1, 0.15) is 25.3 Å². The maximum absolute atomic E-state index is 11.6. The van der Waals surface area contributed by atoms with Gasteiger partial charge in [-0.15, -0.1) is 0 Å². The average molecular weight is 290 g/mol. The van der Waals surface area contributed by atoms with Crippen molar-refractivity contribution in [1.82, 2.24) is 21.6 Å². The number of rotatable bonds is 6. The van der Waals surface area contributed by atoms with Crippen LogP contribution in [0.2, 0.25) is 0 Å². The first kappa shape index (κ1) is 15.5. The monoisotopic (exact) mass is 290 g/mol. The van der Waals surface area contributed by atoms with Gasteiger partial charge in [0.2, 0.25) is 11.8 Å². The lowest BCUT2D eigenvalue weighted by molar-refractivity contribution is -0.141. The van der Waals surface area contributed by atoms with Crippen LogP contribution >= 0.6 is 0 Å². The molecule has 12 nitrogen and oxygen atoms in total. The highest BCUT2D eigenvalue weighted by molar-refractivity contribution is 5.97. The van der Waals surface area contributed by atoms with Crippen LogP contribution in [0.5, 0.6) is 0 Å². The Morgan fingerprint density at radius 3 is 1.60 bits per heavy atom. The van der Waals surface area contributed by atoms with E-state index in [0.29, 0.717) is 0 Å². The van der Waals surface area contributed by atoms with Crippen molar-refractivity contribution in [2.24, 2.45) is 11.5 Å². The third kappa shape index (κ3) is 4.95. The summed E-state index contributed by atoms with van der Waals surface area (Å²) in [4.78, 5) is 53.1. The highest BCUT2D eigenvalue weighted by Gasteiger charge is 2.34. The first-order chi connectivity index (χ1) is 9.40. The topological polar surface area (TPSA) is 187 Å². The molecular formula is C8H14N6O6. The standard InChI is InChI=1S/C8H14N6O6/c9-7(17)13-19-1-3-5(15)12-4(6(16)11-3)2-20-14-8(10)18/h3-4H,1-2H2,(H,11,16)(H,12,15)(H3,9,13,17)(H3,10,14,18)/t3-,4-/m0/s1. The number of piperazine rings is 1. The lowest BCUT2D eigenvalue weighted by atomic mass is 10.1. The van der Waals surface area contributed by atoms with Gasteiger partial charge in [-0.25, -0.2) is 20.5 Å². The van der Waals surface area contributed by atoms with Gasteiger partial charge in [-0.1, -0.05) is 0 Å². The molecule has 1 heterocycles. The lowest BCUT2D eigenvalue weighted by Gasteiger charge is -2.28. The molecule has 6 amide bonds. The van der Waals surface area contributed by atoms with Crippen molar-refractivity contribution < 1.29 is 28.9 Å². The lowest BCUT2D eigenvalue weighted by Crippen LogP contribution is -2.64. The predicted molar refractivity (Wildman–Crippen MR) is 61.2 cm³/mol. The van der Waals surface area contributed by atoms with Gasteiger partial charge in [0, 0.05) is 0 Å². The van der Waals surface area contributed by atoms with Crippen LogP contribution in [0, 0.1) is 0 Å². The largest absolute Gasteiger partial charge is 0.350 e. The molecule has 1 rings (SSSR count). The molecule has 8 N–H and O–H groups in total. The highest BCUT2D eigenvalue weighted by Crippen LogP contribution is 1.98. The van der Waals surface area contributed by atoms with E-state index in [4.69, 9.17) is 11.5 Å². The number of carbonyl (C=O) groups excluding carboxylic acids is 4. The summed E-state index contributed by atoms with van der Waals surface area (Å²) < 4.78 is 0. The molecule has 0 spiro atoms. The van der Waals surface area contributed by atoms with Crippen molar-refractivity contribution in [3.8, 4) is 0 Å². The number of hydroxylamine groups is 2. The van der Waals surface area contributed by atoms with Crippen LogP contribution < -0.4 is 33.1 Å². The molecule has 112 valence electrons. The van der Waals surface area contributed by atoms with Crippen molar-refractivity contribution in [2.45, 2.75) is 12.1 Å². The first-order valence-corrected chi connectivity index (χ1v) is 5.35. The van der Waals surface area contributed by atoms with Crippen LogP contribution in [-0.2, 0) is 19.3 Å². The van der Waals surface area contributed by atoms with Crippen molar-refractivity contribution in [3.05, 3.63) is 0 Å². The van der Waals surface area contributed by atoms with E-state index in [1.165, 1.54) is 0 Å². The van der Waals surface area contributed by atoms with E-state index in [-0.39, 0.29) is 13.2 Å². The second kappa shape index (κ2) is 7.10. The molecule has 0 radical (unpaired) electrons. The summed E-state index contributed by atoms with van der Waals surface area (Å²) in [6, 6.07) is -3.85. The zero-order chi connectivity index (χ0) is 15.1. The molecule has 1 aliphatic heterocycles. The molecule has 1 fully saturated rings. The number of nitrogens with one attached hydrogen (secondary N) is 4. The number of primary amides is 2. The van der Waals surface area contributed by atoms with Gasteiger partial charge in [0.25, 0.3) is 0 Å². The van der Waals surface area contributed by atoms with Crippen LogP contribution in [0.1, 0.15) is 0 Å². The fraction of sp³-hybridized carbons (Fsp3) is 0.500. The van der Waals surface area contributed by atoms with E-state index in [9.17, 15) is 19.2 Å². The maximum Gasteiger partial charge on any atom is 0.336 e. The Morgan fingerprint density at radius 2 is 1.30 bits per heavy atom. The molecule has 0 aliphatic carbocycles. The van der Waals surface area contributed by atoms with Gasteiger partial charge in [-0.05, 0) is 0 Å². The van der Waals surface area contributed by atoms with Crippen molar-refractivity contribution in [2.75, 3.05) is 13.2 Å². The molecule has 2 atom stereocenters. The van der Waals surface area contributed by atoms with Gasteiger partial charge < -0.3 is 22.1 Å². The van der Waals surface area contributed by atoms with E-state index in [1.54, 1.807) is 0 Å². The maximum atomic E-state index is 11.6. The smallest absolute Gasteiger partial charge is 0.336 e. The Kier molecular flexibility index (Phi) is 5.49. The Hall–Kier alpha value is -2.60. The molecule has 20 heavy (non-hydrogen) atoms. The Morgan fingerprint density at radius 1 is 0.950 bits per heavy atom. The van der Waals surface area contributed by atoms with Crippen molar-refractivity contribution in [3.63, 3.8) is 0 Å². The second-order valence-electron chi connectivity index (χ2n) is 3.68. The highest BCUT2D eigenvalue weighted by atomic mass is 16.7. The molecule has 0 saturated carbocycles. The molecule has 1 aliphatic rings. The molecule has 0 aromatic heterocycles. The minimum atomic E-state index is -0.991. The Bertz CT molecular complexity index is 376. The zero-order valence-electron chi connectivity index (χ0n) is 10.2. The van der Waals surface area contributed by atoms with E-state index < -0.39 is 36.0 Å². The molecule has 0 unspecified atom stereocenters. The molecule has 0 bridgehead atoms. The van der Waals surface area contributed by atoms with Crippen LogP contribution in [-0.4, -0.2) is 49.2 Å². The Labute approximate surface area is 112 Å². The van der Waals surface area contributed by atoms with Crippen LogP contribution in [0.15, 0.2) is 0 Å². The third-order valence-electron chi connectivity index (χ3n) is 2.11. The zero-order valence-corrected chi connectivity index (χ0v) is 10.2. The van der Waals surface area contributed by atoms with Gasteiger partial charge in [-0.2, -0.15) is 0 Å². The van der Waals surface area contributed by atoms with E-state index in [1.807, 2.05) is 11.0 Å². The van der Waals surface area contributed by atoms with Crippen LogP contribution in [0.4, 0.5) is 9.59 Å². The number of carbonyl (C=O) groups is 4. The number of amides is 6. The summed E-state index contributed by atoms with van der Waals surface area (Å²) in [5.74, 6) is -1.10. The van der Waals surface area contributed by atoms with Gasteiger partial charge in [-0.3, -0.25) is 19.3 Å². The number of urea groups is 2. The second-order valence-corrected chi connectivity index (χ2v) is 3.68. The quantitative estimate of drug-likeness (QED) is 0.272. The fourth-order valence-corrected chi connectivity index (χ4v) is 1.30. The normalized spacial score (nSPS) is 21.6. The van der Waals surface area contributed by atoms with Crippen molar-refractivity contribution >= 4 is 23.9 Å². The molecule has 1 saturated heterocycles. The molecule has 0 aromatic carbocycles. The fourth-order valence-electron chi connectivity index (χ4n) is 1.30. The minimum absolute atomic E-state index is 0.298. The SMILES string of the molecule is NC(=O)NOC[C@@H]1NC(=O)[C@H](CONC(N)=O)NC1=O. The first-order valence-electron chi connectivity index (χ1n) is 5.35. The number of hydrogen-bond acceptors (Lipinski definition) is 6. The van der Waals surface area contributed by atoms with Gasteiger partial charge >= 0.3 is 12.1 Å².